The second-order valence-corrected chi connectivity index (χ2v) is 4.66. The van der Waals surface area contributed by atoms with Crippen LogP contribution in [-0.4, -0.2) is 6.04 Å². The zero-order valence-electron chi connectivity index (χ0n) is 7.85. The quantitative estimate of drug-likeness (QED) is 0.667. The van der Waals surface area contributed by atoms with E-state index in [1.54, 1.807) is 0 Å². The molecule has 1 aromatic carbocycles. The fourth-order valence-electron chi connectivity index (χ4n) is 0.987. The third-order valence-electron chi connectivity index (χ3n) is 1.86. The first-order valence-electron chi connectivity index (χ1n) is 4.27. The maximum Gasteiger partial charge on any atom is 0.0660 e. The van der Waals surface area contributed by atoms with Crippen LogP contribution in [0.4, 0.5) is 0 Å². The van der Waals surface area contributed by atoms with Crippen LogP contribution in [0, 0.1) is 15.9 Å². The first-order chi connectivity index (χ1) is 6.63. The average Bonchev–Trinajstić information content (AvgIpc) is 2.16. The van der Waals surface area contributed by atoms with Gasteiger partial charge in [0.25, 0.3) is 0 Å². The normalized spacial score (nSPS) is 12.1. The Balaban J connectivity index is 2.64. The fourth-order valence-corrected chi connectivity index (χ4v) is 1.91. The van der Waals surface area contributed by atoms with Crippen LogP contribution in [0.25, 0.3) is 0 Å². The van der Waals surface area contributed by atoms with Crippen molar-refractivity contribution in [2.45, 2.75) is 19.5 Å². The molecule has 1 nitrogen and oxygen atoms in total. The van der Waals surface area contributed by atoms with Gasteiger partial charge in [-0.15, -0.1) is 6.42 Å². The van der Waals surface area contributed by atoms with Crippen LogP contribution >= 0.6 is 34.2 Å². The van der Waals surface area contributed by atoms with Gasteiger partial charge in [-0.25, -0.2) is 0 Å². The number of hydrogen-bond acceptors (Lipinski definition) is 1. The van der Waals surface area contributed by atoms with Crippen LogP contribution in [0.1, 0.15) is 12.5 Å². The van der Waals surface area contributed by atoms with Crippen LogP contribution < -0.4 is 5.32 Å². The van der Waals surface area contributed by atoms with E-state index in [4.69, 9.17) is 18.0 Å². The summed E-state index contributed by atoms with van der Waals surface area (Å²) in [6.45, 7) is 2.65. The van der Waals surface area contributed by atoms with E-state index in [9.17, 15) is 0 Å². The lowest BCUT2D eigenvalue weighted by molar-refractivity contribution is 0.648. The van der Waals surface area contributed by atoms with Crippen molar-refractivity contribution in [2.24, 2.45) is 0 Å². The molecule has 0 bridgehead atoms. The summed E-state index contributed by atoms with van der Waals surface area (Å²) >= 11 is 8.29. The van der Waals surface area contributed by atoms with Gasteiger partial charge in [0.2, 0.25) is 0 Å². The number of benzene rings is 1. The molecule has 0 saturated heterocycles. The molecule has 1 unspecified atom stereocenters. The van der Waals surface area contributed by atoms with Crippen molar-refractivity contribution in [2.75, 3.05) is 0 Å². The summed E-state index contributed by atoms with van der Waals surface area (Å²) in [5, 5.41) is 3.97. The van der Waals surface area contributed by atoms with Crippen molar-refractivity contribution in [1.29, 1.82) is 0 Å². The molecule has 1 aromatic rings. The van der Waals surface area contributed by atoms with Gasteiger partial charge in [-0.05, 0) is 47.2 Å². The fraction of sp³-hybridized carbons (Fsp3) is 0.273. The Morgan fingerprint density at radius 1 is 1.64 bits per heavy atom. The molecule has 1 N–H and O–H groups in total. The predicted octanol–water partition coefficient (Wildman–Crippen LogP) is 3.06. The highest BCUT2D eigenvalue weighted by molar-refractivity contribution is 14.1. The SMILES string of the molecule is C#CC(C)NCc1ccc(I)cc1Cl. The van der Waals surface area contributed by atoms with E-state index < -0.39 is 0 Å². The van der Waals surface area contributed by atoms with Crippen LogP contribution in [0.2, 0.25) is 5.02 Å². The molecule has 0 aliphatic rings. The summed E-state index contributed by atoms with van der Waals surface area (Å²) in [6, 6.07) is 6.06. The van der Waals surface area contributed by atoms with Gasteiger partial charge in [-0.3, -0.25) is 5.32 Å². The summed E-state index contributed by atoms with van der Waals surface area (Å²) in [4.78, 5) is 0. The minimum Gasteiger partial charge on any atom is -0.300 e. The highest BCUT2D eigenvalue weighted by Gasteiger charge is 2.02. The van der Waals surface area contributed by atoms with Gasteiger partial charge in [-0.2, -0.15) is 0 Å². The van der Waals surface area contributed by atoms with E-state index in [2.05, 4.69) is 33.8 Å². The number of halogens is 2. The number of rotatable bonds is 3. The molecule has 1 atom stereocenters. The minimum atomic E-state index is 0.0744. The third-order valence-corrected chi connectivity index (χ3v) is 2.89. The van der Waals surface area contributed by atoms with Crippen LogP contribution in [0.15, 0.2) is 18.2 Å². The van der Waals surface area contributed by atoms with E-state index >= 15 is 0 Å². The van der Waals surface area contributed by atoms with Gasteiger partial charge < -0.3 is 0 Å². The Hall–Kier alpha value is -0.240. The molecule has 0 aliphatic carbocycles. The van der Waals surface area contributed by atoms with Crippen LogP contribution in [0.5, 0.6) is 0 Å². The molecule has 0 aromatic heterocycles. The van der Waals surface area contributed by atoms with E-state index in [-0.39, 0.29) is 6.04 Å². The molecule has 0 spiro atoms. The van der Waals surface area contributed by atoms with Gasteiger partial charge >= 0.3 is 0 Å². The van der Waals surface area contributed by atoms with Crippen molar-refractivity contribution in [1.82, 2.24) is 5.32 Å². The Labute approximate surface area is 103 Å². The van der Waals surface area contributed by atoms with E-state index in [0.717, 1.165) is 14.2 Å². The summed E-state index contributed by atoms with van der Waals surface area (Å²) in [7, 11) is 0. The summed E-state index contributed by atoms with van der Waals surface area (Å²) in [5.74, 6) is 2.61. The van der Waals surface area contributed by atoms with Gasteiger partial charge in [0.05, 0.1) is 6.04 Å². The molecular weight excluding hydrogens is 308 g/mol. The Kier molecular flexibility index (Phi) is 4.73. The van der Waals surface area contributed by atoms with Crippen molar-refractivity contribution >= 4 is 34.2 Å². The highest BCUT2D eigenvalue weighted by atomic mass is 127. The van der Waals surface area contributed by atoms with Gasteiger partial charge in [0, 0.05) is 15.1 Å². The molecule has 0 radical (unpaired) electrons. The molecule has 3 heteroatoms. The molecular formula is C11H11ClIN. The molecule has 1 rings (SSSR count). The van der Waals surface area contributed by atoms with E-state index in [1.807, 2.05) is 25.1 Å². The third kappa shape index (κ3) is 3.49. The topological polar surface area (TPSA) is 12.0 Å². The lowest BCUT2D eigenvalue weighted by atomic mass is 10.2. The maximum absolute atomic E-state index is 6.06. The summed E-state index contributed by atoms with van der Waals surface area (Å²) < 4.78 is 1.14. The minimum absolute atomic E-state index is 0.0744. The number of nitrogens with one attached hydrogen (secondary N) is 1. The summed E-state index contributed by atoms with van der Waals surface area (Å²) in [5.41, 5.74) is 1.08. The second-order valence-electron chi connectivity index (χ2n) is 3.00. The first-order valence-corrected chi connectivity index (χ1v) is 5.72. The predicted molar refractivity (Wildman–Crippen MR) is 69.3 cm³/mol. The molecule has 0 amide bonds. The molecule has 74 valence electrons. The van der Waals surface area contributed by atoms with Crippen LogP contribution in [0.3, 0.4) is 0 Å². The number of terminal acetylenes is 1. The van der Waals surface area contributed by atoms with Gasteiger partial charge in [0.15, 0.2) is 0 Å². The standard InChI is InChI=1S/C11H11ClIN/c1-3-8(2)14-7-9-4-5-10(13)6-11(9)12/h1,4-6,8,14H,7H2,2H3. The zero-order chi connectivity index (χ0) is 10.6. The largest absolute Gasteiger partial charge is 0.300 e. The highest BCUT2D eigenvalue weighted by Crippen LogP contribution is 2.18. The van der Waals surface area contributed by atoms with Gasteiger partial charge in [0.1, 0.15) is 0 Å². The average molecular weight is 320 g/mol. The lowest BCUT2D eigenvalue weighted by Crippen LogP contribution is -2.23. The monoisotopic (exact) mass is 319 g/mol. The Bertz CT molecular complexity index is 357. The second kappa shape index (κ2) is 5.59. The first kappa shape index (κ1) is 11.8. The molecule has 0 aliphatic heterocycles. The maximum atomic E-state index is 6.06. The van der Waals surface area contributed by atoms with E-state index in [1.165, 1.54) is 0 Å². The Morgan fingerprint density at radius 3 is 2.93 bits per heavy atom. The number of hydrogen-bond donors (Lipinski definition) is 1. The van der Waals surface area contributed by atoms with E-state index in [0.29, 0.717) is 6.54 Å². The Morgan fingerprint density at radius 2 is 2.36 bits per heavy atom. The zero-order valence-corrected chi connectivity index (χ0v) is 10.8. The molecule has 14 heavy (non-hydrogen) atoms. The smallest absolute Gasteiger partial charge is 0.0660 e. The molecule has 0 fully saturated rings. The molecule has 0 saturated carbocycles. The van der Waals surface area contributed by atoms with Gasteiger partial charge in [-0.1, -0.05) is 23.6 Å². The van der Waals surface area contributed by atoms with Crippen molar-refractivity contribution in [3.63, 3.8) is 0 Å². The lowest BCUT2D eigenvalue weighted by Gasteiger charge is -2.09. The molecule has 0 heterocycles. The van der Waals surface area contributed by atoms with Crippen molar-refractivity contribution in [3.05, 3.63) is 32.4 Å². The van der Waals surface area contributed by atoms with Crippen molar-refractivity contribution < 1.29 is 0 Å². The van der Waals surface area contributed by atoms with Crippen LogP contribution in [-0.2, 0) is 6.54 Å². The summed E-state index contributed by atoms with van der Waals surface area (Å²) in [6.07, 6.45) is 5.25. The van der Waals surface area contributed by atoms with Crippen molar-refractivity contribution in [3.8, 4) is 12.3 Å².